The Hall–Kier alpha value is -1.40. The van der Waals surface area contributed by atoms with Crippen LogP contribution in [0.3, 0.4) is 0 Å². The lowest BCUT2D eigenvalue weighted by molar-refractivity contribution is 0.0963. The van der Waals surface area contributed by atoms with Crippen molar-refractivity contribution in [2.75, 3.05) is 7.05 Å². The summed E-state index contributed by atoms with van der Waals surface area (Å²) in [4.78, 5) is 11.8. The molecule has 0 spiro atoms. The van der Waals surface area contributed by atoms with Crippen LogP contribution in [-0.4, -0.2) is 27.4 Å². The number of nitrogens with one attached hydrogen (secondary N) is 2. The highest BCUT2D eigenvalue weighted by molar-refractivity contribution is 7.89. The zero-order valence-corrected chi connectivity index (χ0v) is 15.5. The topological polar surface area (TPSA) is 75.3 Å². The summed E-state index contributed by atoms with van der Waals surface area (Å²) in [7, 11) is -2.04. The molecule has 0 unspecified atom stereocenters. The number of benzene rings is 1. The molecule has 2 bridgehead atoms. The van der Waals surface area contributed by atoms with Gasteiger partial charge >= 0.3 is 0 Å². The van der Waals surface area contributed by atoms with Crippen LogP contribution in [-0.2, 0) is 10.0 Å². The molecule has 1 aromatic rings. The Labute approximate surface area is 144 Å². The lowest BCUT2D eigenvalue weighted by atomic mass is 9.69. The highest BCUT2D eigenvalue weighted by atomic mass is 32.2. The molecule has 5 nitrogen and oxygen atoms in total. The second-order valence-corrected chi connectivity index (χ2v) is 9.60. The van der Waals surface area contributed by atoms with Crippen LogP contribution in [0, 0.1) is 16.7 Å². The average Bonchev–Trinajstić information content (AvgIpc) is 2.87. The van der Waals surface area contributed by atoms with E-state index >= 15 is 0 Å². The smallest absolute Gasteiger partial charge is 0.251 e. The number of amides is 1. The first-order valence-electron chi connectivity index (χ1n) is 8.46. The summed E-state index contributed by atoms with van der Waals surface area (Å²) in [6, 6.07) is 6.04. The molecule has 1 amide bonds. The fraction of sp³-hybridized carbons (Fsp3) is 0.611. The third-order valence-corrected chi connectivity index (χ3v) is 8.23. The Morgan fingerprint density at radius 3 is 2.25 bits per heavy atom. The van der Waals surface area contributed by atoms with Gasteiger partial charge in [0.25, 0.3) is 5.91 Å². The number of sulfonamides is 1. The second-order valence-electron chi connectivity index (χ2n) is 7.89. The van der Waals surface area contributed by atoms with E-state index in [2.05, 4.69) is 30.8 Å². The average molecular weight is 350 g/mol. The van der Waals surface area contributed by atoms with Gasteiger partial charge in [-0.15, -0.1) is 0 Å². The third-order valence-electron chi connectivity index (χ3n) is 6.75. The van der Waals surface area contributed by atoms with Gasteiger partial charge in [-0.3, -0.25) is 4.79 Å². The predicted octanol–water partition coefficient (Wildman–Crippen LogP) is 2.54. The Bertz CT molecular complexity index is 755. The van der Waals surface area contributed by atoms with Gasteiger partial charge in [0.1, 0.15) is 0 Å². The molecular formula is C18H26N2O3S. The predicted molar refractivity (Wildman–Crippen MR) is 93.2 cm³/mol. The molecule has 24 heavy (non-hydrogen) atoms. The highest BCUT2D eigenvalue weighted by Gasteiger charge is 2.61. The van der Waals surface area contributed by atoms with E-state index in [1.165, 1.54) is 18.6 Å². The minimum Gasteiger partial charge on any atom is -0.355 e. The molecule has 2 fully saturated rings. The zero-order valence-electron chi connectivity index (χ0n) is 14.7. The van der Waals surface area contributed by atoms with Gasteiger partial charge in [-0.05, 0) is 60.3 Å². The van der Waals surface area contributed by atoms with Crippen molar-refractivity contribution in [1.82, 2.24) is 10.0 Å². The Morgan fingerprint density at radius 1 is 1.17 bits per heavy atom. The van der Waals surface area contributed by atoms with Crippen LogP contribution in [0.25, 0.3) is 0 Å². The molecule has 3 atom stereocenters. The number of fused-ring (bicyclic) bond motifs is 2. The van der Waals surface area contributed by atoms with Crippen molar-refractivity contribution in [3.63, 3.8) is 0 Å². The van der Waals surface area contributed by atoms with Gasteiger partial charge in [0.05, 0.1) is 4.90 Å². The first-order chi connectivity index (χ1) is 11.1. The van der Waals surface area contributed by atoms with E-state index in [-0.39, 0.29) is 27.7 Å². The summed E-state index contributed by atoms with van der Waals surface area (Å²) in [5.74, 6) is 0.347. The van der Waals surface area contributed by atoms with Crippen LogP contribution in [0.2, 0.25) is 0 Å². The monoisotopic (exact) mass is 350 g/mol. The lowest BCUT2D eigenvalue weighted by Gasteiger charge is -2.39. The van der Waals surface area contributed by atoms with Gasteiger partial charge in [0, 0.05) is 18.7 Å². The van der Waals surface area contributed by atoms with Crippen molar-refractivity contribution in [2.24, 2.45) is 16.7 Å². The minimum absolute atomic E-state index is 0.00717. The maximum Gasteiger partial charge on any atom is 0.251 e. The van der Waals surface area contributed by atoms with Crippen molar-refractivity contribution in [1.29, 1.82) is 0 Å². The quantitative estimate of drug-likeness (QED) is 0.876. The van der Waals surface area contributed by atoms with Crippen LogP contribution in [0.15, 0.2) is 29.2 Å². The molecule has 0 radical (unpaired) electrons. The largest absolute Gasteiger partial charge is 0.355 e. The van der Waals surface area contributed by atoms with E-state index in [1.807, 2.05) is 0 Å². The van der Waals surface area contributed by atoms with Gasteiger partial charge in [-0.1, -0.05) is 20.8 Å². The molecule has 0 aromatic heterocycles. The van der Waals surface area contributed by atoms with E-state index < -0.39 is 10.0 Å². The standard InChI is InChI=1S/C18H26N2O3S/c1-17(2)13-9-10-18(17,3)15(11-13)20-24(22,23)14-7-5-12(6-8-14)16(21)19-4/h5-8,13,15,20H,9-11H2,1-4H3,(H,19,21)/t13-,15-,18-/m1/s1. The summed E-state index contributed by atoms with van der Waals surface area (Å²) in [5.41, 5.74) is 0.597. The highest BCUT2D eigenvalue weighted by Crippen LogP contribution is 2.65. The number of rotatable bonds is 4. The van der Waals surface area contributed by atoms with Gasteiger partial charge in [0.2, 0.25) is 10.0 Å². The van der Waals surface area contributed by atoms with Gasteiger partial charge < -0.3 is 5.32 Å². The summed E-state index contributed by atoms with van der Waals surface area (Å²) < 4.78 is 28.4. The maximum absolute atomic E-state index is 12.8. The molecule has 132 valence electrons. The molecule has 0 aliphatic heterocycles. The molecule has 2 saturated carbocycles. The molecule has 1 aromatic carbocycles. The Kier molecular flexibility index (Phi) is 4.04. The van der Waals surface area contributed by atoms with E-state index in [4.69, 9.17) is 0 Å². The number of hydrogen-bond donors (Lipinski definition) is 2. The fourth-order valence-electron chi connectivity index (χ4n) is 4.57. The van der Waals surface area contributed by atoms with Gasteiger partial charge in [-0.2, -0.15) is 0 Å². The van der Waals surface area contributed by atoms with Crippen LogP contribution in [0.1, 0.15) is 50.4 Å². The molecule has 3 rings (SSSR count). The first kappa shape index (κ1) is 17.4. The second kappa shape index (κ2) is 5.56. The minimum atomic E-state index is -3.59. The van der Waals surface area contributed by atoms with Crippen LogP contribution in [0.5, 0.6) is 0 Å². The number of carbonyl (C=O) groups is 1. The zero-order chi connectivity index (χ0) is 17.8. The summed E-state index contributed by atoms with van der Waals surface area (Å²) >= 11 is 0. The normalized spacial score (nSPS) is 31.2. The molecule has 2 N–H and O–H groups in total. The van der Waals surface area contributed by atoms with Gasteiger partial charge in [0.15, 0.2) is 0 Å². The first-order valence-corrected chi connectivity index (χ1v) is 9.94. The molecule has 6 heteroatoms. The number of hydrogen-bond acceptors (Lipinski definition) is 3. The van der Waals surface area contributed by atoms with E-state index in [0.717, 1.165) is 12.8 Å². The Balaban J connectivity index is 1.81. The fourth-order valence-corrected chi connectivity index (χ4v) is 5.93. The van der Waals surface area contributed by atoms with Crippen molar-refractivity contribution < 1.29 is 13.2 Å². The summed E-state index contributed by atoms with van der Waals surface area (Å²) in [6.07, 6.45) is 3.15. The molecule has 0 heterocycles. The maximum atomic E-state index is 12.8. The van der Waals surface area contributed by atoms with Crippen molar-refractivity contribution in [3.05, 3.63) is 29.8 Å². The van der Waals surface area contributed by atoms with Crippen LogP contribution < -0.4 is 10.0 Å². The van der Waals surface area contributed by atoms with E-state index in [9.17, 15) is 13.2 Å². The Morgan fingerprint density at radius 2 is 1.79 bits per heavy atom. The van der Waals surface area contributed by atoms with Crippen LogP contribution in [0.4, 0.5) is 0 Å². The summed E-state index contributed by atoms with van der Waals surface area (Å²) in [5, 5.41) is 2.53. The lowest BCUT2D eigenvalue weighted by Crippen LogP contribution is -2.46. The van der Waals surface area contributed by atoms with Crippen LogP contribution >= 0.6 is 0 Å². The van der Waals surface area contributed by atoms with E-state index in [1.54, 1.807) is 19.2 Å². The van der Waals surface area contributed by atoms with Gasteiger partial charge in [-0.25, -0.2) is 13.1 Å². The molecule has 2 aliphatic rings. The van der Waals surface area contributed by atoms with Crippen molar-refractivity contribution in [2.45, 2.75) is 51.0 Å². The molecule has 2 aliphatic carbocycles. The van der Waals surface area contributed by atoms with Crippen molar-refractivity contribution >= 4 is 15.9 Å². The van der Waals surface area contributed by atoms with E-state index in [0.29, 0.717) is 11.5 Å². The molecule has 0 saturated heterocycles. The molecular weight excluding hydrogens is 324 g/mol. The SMILES string of the molecule is CNC(=O)c1ccc(S(=O)(=O)N[C@@H]2C[C@H]3CC[C@@]2(C)C3(C)C)cc1. The van der Waals surface area contributed by atoms with Crippen molar-refractivity contribution in [3.8, 4) is 0 Å². The third kappa shape index (κ3) is 2.47. The number of carbonyl (C=O) groups excluding carboxylic acids is 1. The summed E-state index contributed by atoms with van der Waals surface area (Å²) in [6.45, 7) is 6.73.